The molecule has 0 radical (unpaired) electrons. The summed E-state index contributed by atoms with van der Waals surface area (Å²) in [6.45, 7) is 2.14. The largest absolute Gasteiger partial charge is 0.496 e. The van der Waals surface area contributed by atoms with E-state index in [4.69, 9.17) is 10.5 Å². The Kier molecular flexibility index (Phi) is 4.43. The molecule has 88 valence electrons. The minimum Gasteiger partial charge on any atom is -0.496 e. The molecule has 0 aliphatic rings. The number of benzene rings is 1. The monoisotopic (exact) mass is 225 g/mol. The molecule has 1 aromatic rings. The number of methoxy groups -OCH3 is 1. The van der Waals surface area contributed by atoms with Gasteiger partial charge < -0.3 is 10.5 Å². The zero-order valence-corrected chi connectivity index (χ0v) is 9.50. The predicted octanol–water partition coefficient (Wildman–Crippen LogP) is 2.00. The Hall–Kier alpha value is -1.42. The maximum atomic E-state index is 13.1. The van der Waals surface area contributed by atoms with E-state index < -0.39 is 5.82 Å². The second-order valence-corrected chi connectivity index (χ2v) is 3.55. The van der Waals surface area contributed by atoms with Gasteiger partial charge in [-0.3, -0.25) is 4.79 Å². The van der Waals surface area contributed by atoms with Gasteiger partial charge in [-0.05, 0) is 24.6 Å². The van der Waals surface area contributed by atoms with Crippen molar-refractivity contribution in [3.05, 3.63) is 29.6 Å². The Morgan fingerprint density at radius 2 is 2.25 bits per heavy atom. The SMILES string of the molecule is CCC(CN)C(=O)c1cc(F)ccc1OC. The molecule has 0 bridgehead atoms. The van der Waals surface area contributed by atoms with Crippen molar-refractivity contribution in [2.24, 2.45) is 11.7 Å². The second kappa shape index (κ2) is 5.61. The zero-order valence-electron chi connectivity index (χ0n) is 9.50. The van der Waals surface area contributed by atoms with Gasteiger partial charge in [-0.25, -0.2) is 4.39 Å². The lowest BCUT2D eigenvalue weighted by atomic mass is 9.95. The number of rotatable bonds is 5. The Morgan fingerprint density at radius 1 is 1.56 bits per heavy atom. The molecule has 0 spiro atoms. The van der Waals surface area contributed by atoms with Crippen LogP contribution in [0.25, 0.3) is 0 Å². The van der Waals surface area contributed by atoms with Crippen molar-refractivity contribution in [1.82, 2.24) is 0 Å². The Bertz CT molecular complexity index is 375. The highest BCUT2D eigenvalue weighted by atomic mass is 19.1. The molecule has 3 nitrogen and oxygen atoms in total. The lowest BCUT2D eigenvalue weighted by Gasteiger charge is -2.13. The van der Waals surface area contributed by atoms with Crippen LogP contribution in [0.4, 0.5) is 4.39 Å². The molecule has 1 unspecified atom stereocenters. The lowest BCUT2D eigenvalue weighted by molar-refractivity contribution is 0.0918. The summed E-state index contributed by atoms with van der Waals surface area (Å²) in [4.78, 5) is 12.0. The van der Waals surface area contributed by atoms with Gasteiger partial charge in [-0.1, -0.05) is 6.92 Å². The molecule has 0 aliphatic carbocycles. The molecule has 0 aromatic heterocycles. The van der Waals surface area contributed by atoms with E-state index in [-0.39, 0.29) is 23.8 Å². The Morgan fingerprint density at radius 3 is 2.75 bits per heavy atom. The lowest BCUT2D eigenvalue weighted by Crippen LogP contribution is -2.23. The number of hydrogen-bond acceptors (Lipinski definition) is 3. The maximum absolute atomic E-state index is 13.1. The molecule has 0 aliphatic heterocycles. The minimum atomic E-state index is -0.448. The quantitative estimate of drug-likeness (QED) is 0.780. The minimum absolute atomic E-state index is 0.165. The molecule has 2 N–H and O–H groups in total. The third-order valence-corrected chi connectivity index (χ3v) is 2.58. The summed E-state index contributed by atoms with van der Waals surface area (Å²) >= 11 is 0. The maximum Gasteiger partial charge on any atom is 0.171 e. The average molecular weight is 225 g/mol. The summed E-state index contributed by atoms with van der Waals surface area (Å²) < 4.78 is 18.1. The molecule has 0 saturated carbocycles. The highest BCUT2D eigenvalue weighted by molar-refractivity contribution is 6.00. The van der Waals surface area contributed by atoms with Gasteiger partial charge in [0.05, 0.1) is 12.7 Å². The molecule has 0 heterocycles. The number of carbonyl (C=O) groups is 1. The summed E-state index contributed by atoms with van der Waals surface area (Å²) in [6, 6.07) is 3.91. The molecule has 0 saturated heterocycles. The van der Waals surface area contributed by atoms with Gasteiger partial charge >= 0.3 is 0 Å². The van der Waals surface area contributed by atoms with Gasteiger partial charge in [0.1, 0.15) is 11.6 Å². The second-order valence-electron chi connectivity index (χ2n) is 3.55. The molecule has 0 amide bonds. The van der Waals surface area contributed by atoms with E-state index in [1.54, 1.807) is 0 Å². The van der Waals surface area contributed by atoms with Crippen LogP contribution in [0.2, 0.25) is 0 Å². The summed E-state index contributed by atoms with van der Waals surface area (Å²) in [7, 11) is 1.45. The molecular formula is C12H16FNO2. The zero-order chi connectivity index (χ0) is 12.1. The number of hydrogen-bond donors (Lipinski definition) is 1. The van der Waals surface area contributed by atoms with Crippen molar-refractivity contribution < 1.29 is 13.9 Å². The molecule has 1 rings (SSSR count). The highest BCUT2D eigenvalue weighted by Gasteiger charge is 2.20. The van der Waals surface area contributed by atoms with Gasteiger partial charge in [0.15, 0.2) is 5.78 Å². The predicted molar refractivity (Wildman–Crippen MR) is 60.1 cm³/mol. The van der Waals surface area contributed by atoms with Crippen LogP contribution in [0.15, 0.2) is 18.2 Å². The van der Waals surface area contributed by atoms with Gasteiger partial charge in [-0.15, -0.1) is 0 Å². The van der Waals surface area contributed by atoms with E-state index >= 15 is 0 Å². The van der Waals surface area contributed by atoms with Crippen LogP contribution in [0.1, 0.15) is 23.7 Å². The molecule has 1 atom stereocenters. The summed E-state index contributed by atoms with van der Waals surface area (Å²) in [5, 5.41) is 0. The summed E-state index contributed by atoms with van der Waals surface area (Å²) in [5.41, 5.74) is 5.76. The van der Waals surface area contributed by atoms with Gasteiger partial charge in [0.25, 0.3) is 0 Å². The van der Waals surface area contributed by atoms with Crippen LogP contribution in [-0.4, -0.2) is 19.4 Å². The first-order chi connectivity index (χ1) is 7.63. The highest BCUT2D eigenvalue weighted by Crippen LogP contribution is 2.23. The smallest absolute Gasteiger partial charge is 0.171 e. The normalized spacial score (nSPS) is 12.2. The first-order valence-electron chi connectivity index (χ1n) is 5.21. The van der Waals surface area contributed by atoms with Crippen LogP contribution >= 0.6 is 0 Å². The standard InChI is InChI=1S/C12H16FNO2/c1-3-8(7-14)12(15)10-6-9(13)4-5-11(10)16-2/h4-6,8H,3,7,14H2,1-2H3. The number of carbonyl (C=O) groups excluding carboxylic acids is 1. The van der Waals surface area contributed by atoms with Crippen LogP contribution in [-0.2, 0) is 0 Å². The van der Waals surface area contributed by atoms with E-state index in [9.17, 15) is 9.18 Å². The molecule has 4 heteroatoms. The fourth-order valence-electron chi connectivity index (χ4n) is 1.55. The third-order valence-electron chi connectivity index (χ3n) is 2.58. The molecule has 16 heavy (non-hydrogen) atoms. The van der Waals surface area contributed by atoms with E-state index in [0.717, 1.165) is 0 Å². The van der Waals surface area contributed by atoms with Crippen molar-refractivity contribution >= 4 is 5.78 Å². The van der Waals surface area contributed by atoms with Gasteiger partial charge in [-0.2, -0.15) is 0 Å². The fourth-order valence-corrected chi connectivity index (χ4v) is 1.55. The van der Waals surface area contributed by atoms with Gasteiger partial charge in [0.2, 0.25) is 0 Å². The number of nitrogens with two attached hydrogens (primary N) is 1. The van der Waals surface area contributed by atoms with E-state index in [1.807, 2.05) is 6.92 Å². The number of ketones is 1. The first kappa shape index (κ1) is 12.6. The first-order valence-corrected chi connectivity index (χ1v) is 5.21. The third kappa shape index (κ3) is 2.58. The Labute approximate surface area is 94.4 Å². The van der Waals surface area contributed by atoms with Crippen molar-refractivity contribution in [3.8, 4) is 5.75 Å². The molecule has 1 aromatic carbocycles. The number of ether oxygens (including phenoxy) is 1. The summed E-state index contributed by atoms with van der Waals surface area (Å²) in [6.07, 6.45) is 0.634. The Balaban J connectivity index is 3.10. The van der Waals surface area contributed by atoms with Crippen molar-refractivity contribution in [1.29, 1.82) is 0 Å². The molecular weight excluding hydrogens is 209 g/mol. The van der Waals surface area contributed by atoms with Crippen LogP contribution in [0, 0.1) is 11.7 Å². The van der Waals surface area contributed by atoms with E-state index in [1.165, 1.54) is 25.3 Å². The fraction of sp³-hybridized carbons (Fsp3) is 0.417. The van der Waals surface area contributed by atoms with Crippen molar-refractivity contribution in [2.75, 3.05) is 13.7 Å². The average Bonchev–Trinajstić information content (AvgIpc) is 2.30. The van der Waals surface area contributed by atoms with E-state index in [2.05, 4.69) is 0 Å². The van der Waals surface area contributed by atoms with Crippen molar-refractivity contribution in [2.45, 2.75) is 13.3 Å². The van der Waals surface area contributed by atoms with Crippen LogP contribution < -0.4 is 10.5 Å². The number of Topliss-reactive ketones (excluding diaryl/α,β-unsaturated/α-hetero) is 1. The van der Waals surface area contributed by atoms with E-state index in [0.29, 0.717) is 12.2 Å². The summed E-state index contributed by atoms with van der Waals surface area (Å²) in [5.74, 6) is -0.508. The topological polar surface area (TPSA) is 52.3 Å². The van der Waals surface area contributed by atoms with Crippen LogP contribution in [0.3, 0.4) is 0 Å². The van der Waals surface area contributed by atoms with Crippen LogP contribution in [0.5, 0.6) is 5.75 Å². The van der Waals surface area contributed by atoms with Crippen molar-refractivity contribution in [3.63, 3.8) is 0 Å². The van der Waals surface area contributed by atoms with Gasteiger partial charge in [0, 0.05) is 12.5 Å². The molecule has 0 fully saturated rings. The number of halogens is 1.